The van der Waals surface area contributed by atoms with Crippen molar-refractivity contribution < 1.29 is 27.2 Å². The Morgan fingerprint density at radius 1 is 1.21 bits per heavy atom. The second-order valence-corrected chi connectivity index (χ2v) is 6.93. The van der Waals surface area contributed by atoms with Gasteiger partial charge in [-0.15, -0.1) is 0 Å². The molecule has 29 heavy (non-hydrogen) atoms. The van der Waals surface area contributed by atoms with Gasteiger partial charge in [-0.05, 0) is 30.5 Å². The highest BCUT2D eigenvalue weighted by molar-refractivity contribution is 5.92. The van der Waals surface area contributed by atoms with Gasteiger partial charge in [0, 0.05) is 24.7 Å². The number of hydrogen-bond donors (Lipinski definition) is 2. The molecule has 3 rings (SSSR count). The number of carbonyl (C=O) groups is 2. The minimum absolute atomic E-state index is 0.00387. The van der Waals surface area contributed by atoms with Gasteiger partial charge >= 0.3 is 6.18 Å². The van der Waals surface area contributed by atoms with E-state index in [1.54, 1.807) is 28.4 Å². The highest BCUT2D eigenvalue weighted by atomic mass is 19.4. The van der Waals surface area contributed by atoms with Crippen LogP contribution in [0.2, 0.25) is 0 Å². The fourth-order valence-electron chi connectivity index (χ4n) is 3.29. The van der Waals surface area contributed by atoms with Crippen molar-refractivity contribution in [2.24, 2.45) is 0 Å². The van der Waals surface area contributed by atoms with Crippen LogP contribution in [0, 0.1) is 5.82 Å². The summed E-state index contributed by atoms with van der Waals surface area (Å²) in [6.07, 6.45) is -3.29. The largest absolute Gasteiger partial charge is 0.405 e. The summed E-state index contributed by atoms with van der Waals surface area (Å²) >= 11 is 0. The number of carbonyl (C=O) groups excluding carboxylic acids is 2. The number of rotatable bonds is 5. The first-order chi connectivity index (χ1) is 13.7. The van der Waals surface area contributed by atoms with Crippen LogP contribution in [-0.2, 0) is 11.2 Å². The molecular formula is C19H20F4N4O2. The van der Waals surface area contributed by atoms with Crippen molar-refractivity contribution in [2.75, 3.05) is 19.6 Å². The molecule has 2 aromatic rings. The van der Waals surface area contributed by atoms with E-state index in [0.717, 1.165) is 0 Å². The number of nitrogens with zero attached hydrogens (tertiary/aromatic N) is 2. The zero-order valence-corrected chi connectivity index (χ0v) is 15.4. The average Bonchev–Trinajstić information content (AvgIpc) is 3.18. The molecule has 0 bridgehead atoms. The van der Waals surface area contributed by atoms with Gasteiger partial charge in [0.2, 0.25) is 5.91 Å². The van der Waals surface area contributed by atoms with Crippen molar-refractivity contribution in [1.82, 2.24) is 20.4 Å². The number of benzene rings is 1. The maximum Gasteiger partial charge on any atom is 0.405 e. The molecule has 1 saturated heterocycles. The molecule has 2 heterocycles. The Bertz CT molecular complexity index is 873. The molecule has 1 aliphatic rings. The van der Waals surface area contributed by atoms with Crippen LogP contribution < -0.4 is 5.32 Å². The lowest BCUT2D eigenvalue weighted by Crippen LogP contribution is -2.39. The second-order valence-electron chi connectivity index (χ2n) is 6.93. The molecule has 10 heteroatoms. The molecule has 0 spiro atoms. The summed E-state index contributed by atoms with van der Waals surface area (Å²) in [5.74, 6) is -1.47. The number of hydrogen-bond acceptors (Lipinski definition) is 3. The fourth-order valence-corrected chi connectivity index (χ4v) is 3.29. The summed E-state index contributed by atoms with van der Waals surface area (Å²) in [4.78, 5) is 25.8. The first kappa shape index (κ1) is 20.8. The Morgan fingerprint density at radius 3 is 2.55 bits per heavy atom. The van der Waals surface area contributed by atoms with Gasteiger partial charge in [-0.3, -0.25) is 14.7 Å². The van der Waals surface area contributed by atoms with Gasteiger partial charge < -0.3 is 10.2 Å². The molecule has 1 aromatic carbocycles. The number of aromatic amines is 1. The Kier molecular flexibility index (Phi) is 6.19. The van der Waals surface area contributed by atoms with Crippen LogP contribution in [0.1, 0.15) is 40.5 Å². The molecule has 156 valence electrons. The SMILES string of the molecule is O=C(NCC(F)(F)F)c1cc(C2CCN(C(=O)Cc3ccccc3F)CC2)[nH]n1. The van der Waals surface area contributed by atoms with E-state index in [1.165, 1.54) is 12.1 Å². The summed E-state index contributed by atoms with van der Waals surface area (Å²) in [5.41, 5.74) is 0.883. The van der Waals surface area contributed by atoms with E-state index in [1.807, 2.05) is 0 Å². The van der Waals surface area contributed by atoms with Crippen LogP contribution in [0.4, 0.5) is 17.6 Å². The number of aromatic nitrogens is 2. The Labute approximate surface area is 164 Å². The van der Waals surface area contributed by atoms with Gasteiger partial charge in [-0.2, -0.15) is 18.3 Å². The maximum absolute atomic E-state index is 13.7. The lowest BCUT2D eigenvalue weighted by Gasteiger charge is -2.31. The molecule has 6 nitrogen and oxygen atoms in total. The topological polar surface area (TPSA) is 78.1 Å². The molecule has 2 amide bonds. The number of H-pyrrole nitrogens is 1. The summed E-state index contributed by atoms with van der Waals surface area (Å²) in [6, 6.07) is 7.58. The average molecular weight is 412 g/mol. The molecule has 0 saturated carbocycles. The number of halogens is 4. The highest BCUT2D eigenvalue weighted by Crippen LogP contribution is 2.27. The number of likely N-dealkylation sites (tertiary alicyclic amines) is 1. The lowest BCUT2D eigenvalue weighted by atomic mass is 9.93. The second kappa shape index (κ2) is 8.62. The minimum Gasteiger partial charge on any atom is -0.342 e. The number of piperidine rings is 1. The quantitative estimate of drug-likeness (QED) is 0.742. The first-order valence-corrected chi connectivity index (χ1v) is 9.14. The molecular weight excluding hydrogens is 392 g/mol. The molecule has 0 aliphatic carbocycles. The van der Waals surface area contributed by atoms with Gasteiger partial charge in [0.15, 0.2) is 0 Å². The Balaban J connectivity index is 1.52. The smallest absolute Gasteiger partial charge is 0.342 e. The van der Waals surface area contributed by atoms with E-state index in [4.69, 9.17) is 0 Å². The van der Waals surface area contributed by atoms with Crippen LogP contribution >= 0.6 is 0 Å². The van der Waals surface area contributed by atoms with Crippen LogP contribution in [0.15, 0.2) is 30.3 Å². The summed E-state index contributed by atoms with van der Waals surface area (Å²) in [7, 11) is 0. The predicted molar refractivity (Wildman–Crippen MR) is 95.6 cm³/mol. The van der Waals surface area contributed by atoms with E-state index in [2.05, 4.69) is 10.2 Å². The summed E-state index contributed by atoms with van der Waals surface area (Å²) < 4.78 is 50.3. The van der Waals surface area contributed by atoms with Gasteiger partial charge in [-0.25, -0.2) is 4.39 Å². The third-order valence-electron chi connectivity index (χ3n) is 4.87. The highest BCUT2D eigenvalue weighted by Gasteiger charge is 2.29. The predicted octanol–water partition coefficient (Wildman–Crippen LogP) is 2.79. The third-order valence-corrected chi connectivity index (χ3v) is 4.87. The molecule has 1 aliphatic heterocycles. The zero-order valence-electron chi connectivity index (χ0n) is 15.4. The third kappa shape index (κ3) is 5.55. The minimum atomic E-state index is -4.49. The molecule has 0 atom stereocenters. The standard InChI is InChI=1S/C19H20F4N4O2/c20-14-4-2-1-3-13(14)9-17(28)27-7-5-12(6-8-27)15-10-16(26-25-15)18(29)24-11-19(21,22)23/h1-4,10,12H,5-9,11H2,(H,24,29)(H,25,26). The van der Waals surface area contributed by atoms with Crippen molar-refractivity contribution in [3.63, 3.8) is 0 Å². The molecule has 0 radical (unpaired) electrons. The van der Waals surface area contributed by atoms with Gasteiger partial charge in [0.25, 0.3) is 5.91 Å². The van der Waals surface area contributed by atoms with E-state index >= 15 is 0 Å². The van der Waals surface area contributed by atoms with Gasteiger partial charge in [-0.1, -0.05) is 18.2 Å². The van der Waals surface area contributed by atoms with Crippen LogP contribution in [0.25, 0.3) is 0 Å². The van der Waals surface area contributed by atoms with Crippen LogP contribution in [-0.4, -0.2) is 52.7 Å². The fraction of sp³-hybridized carbons (Fsp3) is 0.421. The van der Waals surface area contributed by atoms with Crippen molar-refractivity contribution >= 4 is 11.8 Å². The lowest BCUT2D eigenvalue weighted by molar-refractivity contribution is -0.131. The number of alkyl halides is 3. The van der Waals surface area contributed by atoms with Crippen molar-refractivity contribution in [3.8, 4) is 0 Å². The van der Waals surface area contributed by atoms with Crippen molar-refractivity contribution in [3.05, 3.63) is 53.1 Å². The molecule has 2 N–H and O–H groups in total. The van der Waals surface area contributed by atoms with E-state index in [0.29, 0.717) is 37.2 Å². The normalized spacial score (nSPS) is 15.4. The van der Waals surface area contributed by atoms with E-state index in [9.17, 15) is 27.2 Å². The Morgan fingerprint density at radius 2 is 1.90 bits per heavy atom. The summed E-state index contributed by atoms with van der Waals surface area (Å²) in [6.45, 7) is -0.490. The van der Waals surface area contributed by atoms with Crippen LogP contribution in [0.5, 0.6) is 0 Å². The van der Waals surface area contributed by atoms with Crippen LogP contribution in [0.3, 0.4) is 0 Å². The first-order valence-electron chi connectivity index (χ1n) is 9.14. The molecule has 1 fully saturated rings. The van der Waals surface area contributed by atoms with Gasteiger partial charge in [0.05, 0.1) is 6.42 Å². The van der Waals surface area contributed by atoms with E-state index in [-0.39, 0.29) is 23.9 Å². The summed E-state index contributed by atoms with van der Waals surface area (Å²) in [5, 5.41) is 8.26. The van der Waals surface area contributed by atoms with Crippen molar-refractivity contribution in [2.45, 2.75) is 31.4 Å². The number of amides is 2. The van der Waals surface area contributed by atoms with E-state index < -0.39 is 24.4 Å². The maximum atomic E-state index is 13.7. The number of nitrogens with one attached hydrogen (secondary N) is 2. The van der Waals surface area contributed by atoms with Gasteiger partial charge in [0.1, 0.15) is 18.1 Å². The monoisotopic (exact) mass is 412 g/mol. The molecule has 1 aromatic heterocycles. The molecule has 0 unspecified atom stereocenters. The van der Waals surface area contributed by atoms with Crippen molar-refractivity contribution in [1.29, 1.82) is 0 Å². The zero-order chi connectivity index (χ0) is 21.0. The Hall–Kier alpha value is -2.91.